The number of rotatable bonds is 5. The van der Waals surface area contributed by atoms with Gasteiger partial charge in [-0.3, -0.25) is 4.79 Å². The number of aromatic nitrogens is 2. The lowest BCUT2D eigenvalue weighted by Crippen LogP contribution is -2.32. The number of sulfonamides is 1. The quantitative estimate of drug-likeness (QED) is 0.851. The molecule has 1 aliphatic heterocycles. The molecule has 2 aromatic rings. The van der Waals surface area contributed by atoms with Crippen LogP contribution in [0.4, 0.5) is 5.69 Å². The zero-order valence-corrected chi connectivity index (χ0v) is 16.6. The van der Waals surface area contributed by atoms with Crippen molar-refractivity contribution in [3.63, 3.8) is 0 Å². The summed E-state index contributed by atoms with van der Waals surface area (Å²) in [4.78, 5) is 16.7. The van der Waals surface area contributed by atoms with Crippen molar-refractivity contribution in [1.29, 1.82) is 0 Å². The molecule has 1 N–H and O–H groups in total. The van der Waals surface area contributed by atoms with Crippen molar-refractivity contribution in [1.82, 2.24) is 13.9 Å². The van der Waals surface area contributed by atoms with Crippen LogP contribution in [0.3, 0.4) is 0 Å². The van der Waals surface area contributed by atoms with E-state index in [2.05, 4.69) is 10.3 Å². The van der Waals surface area contributed by atoms with Crippen LogP contribution in [0.5, 0.6) is 0 Å². The van der Waals surface area contributed by atoms with Gasteiger partial charge in [-0.15, -0.1) is 0 Å². The van der Waals surface area contributed by atoms with Gasteiger partial charge in [-0.2, -0.15) is 4.31 Å². The maximum atomic E-state index is 13.1. The monoisotopic (exact) mass is 390 g/mol. The van der Waals surface area contributed by atoms with Crippen LogP contribution in [0.15, 0.2) is 41.8 Å². The van der Waals surface area contributed by atoms with E-state index in [1.54, 1.807) is 59.6 Å². The van der Waals surface area contributed by atoms with E-state index in [9.17, 15) is 13.2 Å². The second-order valence-corrected chi connectivity index (χ2v) is 8.88. The molecule has 1 aromatic heterocycles. The van der Waals surface area contributed by atoms with Crippen LogP contribution in [0.1, 0.15) is 44.2 Å². The molecule has 8 heteroatoms. The molecule has 27 heavy (non-hydrogen) atoms. The van der Waals surface area contributed by atoms with Gasteiger partial charge < -0.3 is 9.88 Å². The first-order valence-electron chi connectivity index (χ1n) is 9.28. The second-order valence-electron chi connectivity index (χ2n) is 6.97. The Bertz CT molecular complexity index is 886. The minimum Gasteiger partial charge on any atom is -0.325 e. The van der Waals surface area contributed by atoms with E-state index in [1.165, 1.54) is 0 Å². The van der Waals surface area contributed by atoms with Crippen LogP contribution in [-0.2, 0) is 14.8 Å². The molecule has 2 heterocycles. The summed E-state index contributed by atoms with van der Waals surface area (Å²) in [6.45, 7) is 4.65. The van der Waals surface area contributed by atoms with E-state index < -0.39 is 16.1 Å². The minimum atomic E-state index is -3.57. The lowest BCUT2D eigenvalue weighted by molar-refractivity contribution is -0.118. The average molecular weight is 391 g/mol. The van der Waals surface area contributed by atoms with Gasteiger partial charge >= 0.3 is 0 Å². The Balaban J connectivity index is 1.82. The summed E-state index contributed by atoms with van der Waals surface area (Å²) in [7, 11) is -3.57. The van der Waals surface area contributed by atoms with Crippen LogP contribution in [0.25, 0.3) is 0 Å². The van der Waals surface area contributed by atoms with Crippen molar-refractivity contribution in [2.75, 3.05) is 18.4 Å². The van der Waals surface area contributed by atoms with E-state index in [1.807, 2.05) is 0 Å². The molecule has 7 nitrogen and oxygen atoms in total. The van der Waals surface area contributed by atoms with Crippen LogP contribution in [-0.4, -0.2) is 41.3 Å². The molecule has 1 aliphatic rings. The third-order valence-electron chi connectivity index (χ3n) is 4.99. The molecule has 146 valence electrons. The number of carbonyl (C=O) groups excluding carboxylic acids is 1. The Kier molecular flexibility index (Phi) is 5.96. The smallest absolute Gasteiger partial charge is 0.247 e. The first kappa shape index (κ1) is 19.6. The first-order valence-corrected chi connectivity index (χ1v) is 10.7. The summed E-state index contributed by atoms with van der Waals surface area (Å²) in [5.74, 6) is -0.227. The highest BCUT2D eigenvalue weighted by Gasteiger charge is 2.27. The summed E-state index contributed by atoms with van der Waals surface area (Å²) in [6.07, 6.45) is 8.81. The summed E-state index contributed by atoms with van der Waals surface area (Å²) < 4.78 is 29.5. The van der Waals surface area contributed by atoms with Crippen molar-refractivity contribution >= 4 is 21.6 Å². The van der Waals surface area contributed by atoms with E-state index in [0.717, 1.165) is 25.7 Å². The number of imidazole rings is 1. The predicted octanol–water partition coefficient (Wildman–Crippen LogP) is 2.96. The van der Waals surface area contributed by atoms with Crippen LogP contribution in [0, 0.1) is 6.92 Å². The highest BCUT2D eigenvalue weighted by molar-refractivity contribution is 7.89. The maximum Gasteiger partial charge on any atom is 0.247 e. The second kappa shape index (κ2) is 8.22. The van der Waals surface area contributed by atoms with E-state index in [4.69, 9.17) is 0 Å². The lowest BCUT2D eigenvalue weighted by Gasteiger charge is -2.22. The van der Waals surface area contributed by atoms with Gasteiger partial charge in [0.2, 0.25) is 15.9 Å². The summed E-state index contributed by atoms with van der Waals surface area (Å²) >= 11 is 0. The number of nitrogens with one attached hydrogen (secondary N) is 1. The van der Waals surface area contributed by atoms with Gasteiger partial charge in [0, 0.05) is 31.2 Å². The number of hydrogen-bond donors (Lipinski definition) is 1. The zero-order valence-electron chi connectivity index (χ0n) is 15.8. The predicted molar refractivity (Wildman–Crippen MR) is 104 cm³/mol. The highest BCUT2D eigenvalue weighted by atomic mass is 32.2. The SMILES string of the molecule is Cc1ccc(NC(=O)[C@@H](C)n2ccnc2)cc1S(=O)(=O)N1CCCCCC1. The molecule has 1 atom stereocenters. The van der Waals surface area contributed by atoms with Gasteiger partial charge in [0.25, 0.3) is 0 Å². The maximum absolute atomic E-state index is 13.1. The fourth-order valence-corrected chi connectivity index (χ4v) is 5.03. The largest absolute Gasteiger partial charge is 0.325 e. The first-order chi connectivity index (χ1) is 12.9. The van der Waals surface area contributed by atoms with Gasteiger partial charge in [0.15, 0.2) is 0 Å². The van der Waals surface area contributed by atoms with Crippen molar-refractivity contribution in [2.45, 2.75) is 50.5 Å². The van der Waals surface area contributed by atoms with Crippen molar-refractivity contribution in [2.24, 2.45) is 0 Å². The molecule has 1 saturated heterocycles. The van der Waals surface area contributed by atoms with Gasteiger partial charge in [0.1, 0.15) is 6.04 Å². The van der Waals surface area contributed by atoms with Gasteiger partial charge in [-0.25, -0.2) is 13.4 Å². The molecule has 0 spiro atoms. The molecule has 0 bridgehead atoms. The van der Waals surface area contributed by atoms with Crippen LogP contribution in [0.2, 0.25) is 0 Å². The Labute approximate surface area is 160 Å². The number of anilines is 1. The van der Waals surface area contributed by atoms with E-state index in [0.29, 0.717) is 24.3 Å². The summed E-state index contributed by atoms with van der Waals surface area (Å²) in [5, 5.41) is 2.81. The molecular weight excluding hydrogens is 364 g/mol. The number of nitrogens with zero attached hydrogens (tertiary/aromatic N) is 3. The van der Waals surface area contributed by atoms with Crippen molar-refractivity contribution in [3.05, 3.63) is 42.5 Å². The summed E-state index contributed by atoms with van der Waals surface area (Å²) in [5.41, 5.74) is 1.16. The zero-order chi connectivity index (χ0) is 19.4. The number of amides is 1. The van der Waals surface area contributed by atoms with Gasteiger partial charge in [-0.1, -0.05) is 18.9 Å². The van der Waals surface area contributed by atoms with E-state index >= 15 is 0 Å². The fourth-order valence-electron chi connectivity index (χ4n) is 3.26. The Hall–Kier alpha value is -2.19. The van der Waals surface area contributed by atoms with Crippen molar-refractivity contribution in [3.8, 4) is 0 Å². The number of hydrogen-bond acceptors (Lipinski definition) is 4. The number of benzene rings is 1. The Morgan fingerprint density at radius 1 is 1.19 bits per heavy atom. The van der Waals surface area contributed by atoms with Gasteiger partial charge in [-0.05, 0) is 44.4 Å². The van der Waals surface area contributed by atoms with Crippen molar-refractivity contribution < 1.29 is 13.2 Å². The average Bonchev–Trinajstić information content (AvgIpc) is 3.03. The van der Waals surface area contributed by atoms with Crippen LogP contribution >= 0.6 is 0 Å². The number of carbonyl (C=O) groups is 1. The third kappa shape index (κ3) is 4.39. The molecule has 0 aliphatic carbocycles. The van der Waals surface area contributed by atoms with Gasteiger partial charge in [0.05, 0.1) is 11.2 Å². The lowest BCUT2D eigenvalue weighted by atomic mass is 10.2. The molecule has 0 saturated carbocycles. The molecule has 0 unspecified atom stereocenters. The molecule has 1 amide bonds. The van der Waals surface area contributed by atoms with Crippen LogP contribution < -0.4 is 5.32 Å². The highest BCUT2D eigenvalue weighted by Crippen LogP contribution is 2.26. The molecule has 3 rings (SSSR count). The normalized spacial score (nSPS) is 17.3. The Morgan fingerprint density at radius 3 is 2.52 bits per heavy atom. The third-order valence-corrected chi connectivity index (χ3v) is 7.03. The molecule has 1 fully saturated rings. The fraction of sp³-hybridized carbons (Fsp3) is 0.474. The molecule has 1 aromatic carbocycles. The number of aryl methyl sites for hydroxylation is 1. The van der Waals surface area contributed by atoms with E-state index in [-0.39, 0.29) is 10.8 Å². The standard InChI is InChI=1S/C19H26N4O3S/c1-15-7-8-17(21-19(24)16(2)22-12-9-20-14-22)13-18(15)27(25,26)23-10-5-3-4-6-11-23/h7-9,12-14,16H,3-6,10-11H2,1-2H3,(H,21,24)/t16-/m1/s1. The molecular formula is C19H26N4O3S. The topological polar surface area (TPSA) is 84.3 Å². The Morgan fingerprint density at radius 2 is 1.89 bits per heavy atom. The molecule has 0 radical (unpaired) electrons. The summed E-state index contributed by atoms with van der Waals surface area (Å²) in [6, 6.07) is 4.59. The minimum absolute atomic E-state index is 0.227.